The van der Waals surface area contributed by atoms with Crippen LogP contribution in [0.3, 0.4) is 0 Å². The fourth-order valence-corrected chi connectivity index (χ4v) is 4.99. The van der Waals surface area contributed by atoms with Gasteiger partial charge < -0.3 is 30.9 Å². The summed E-state index contributed by atoms with van der Waals surface area (Å²) in [7, 11) is 1.61. The molecule has 0 radical (unpaired) electrons. The van der Waals surface area contributed by atoms with Gasteiger partial charge in [-0.3, -0.25) is 10.8 Å². The highest BCUT2D eigenvalue weighted by atomic mass is 19.4. The van der Waals surface area contributed by atoms with Gasteiger partial charge in [0.2, 0.25) is 0 Å². The van der Waals surface area contributed by atoms with Crippen LogP contribution in [-0.4, -0.2) is 79.9 Å². The van der Waals surface area contributed by atoms with Crippen molar-refractivity contribution < 1.29 is 36.2 Å². The van der Waals surface area contributed by atoms with E-state index in [1.54, 1.807) is 35.1 Å². The fourth-order valence-electron chi connectivity index (χ4n) is 4.99. The second-order valence-corrected chi connectivity index (χ2v) is 10.3. The summed E-state index contributed by atoms with van der Waals surface area (Å²) in [6.07, 6.45) is -0.510. The Balaban J connectivity index is 0.000000617. The summed E-state index contributed by atoms with van der Waals surface area (Å²) in [5.74, 6) is -4.40. The molecule has 2 aliphatic heterocycles. The standard InChI is InChI=1S/C27H28F3N9.C2HF3O2/c1-37-24(18-13-21(29)23(22(30)14-18)16-6-10-39(11-7-16)27(33)34)35-36-25(37)19-3-2-17(12-20(19)28)15-4-8-38(9-5-15)26(31)32;3-2(4,5)1(6)7/h2-4,6,12-14H,5,7-11H2,1H3,(H3,31,32)(H3,33,34);(H,6,7). The number of aliphatic carboxylic acids is 1. The van der Waals surface area contributed by atoms with Crippen molar-refractivity contribution in [3.63, 3.8) is 0 Å². The van der Waals surface area contributed by atoms with Crippen LogP contribution in [0.5, 0.6) is 0 Å². The van der Waals surface area contributed by atoms with Crippen molar-refractivity contribution in [2.24, 2.45) is 18.5 Å². The van der Waals surface area contributed by atoms with E-state index in [4.69, 9.17) is 32.2 Å². The lowest BCUT2D eigenvalue weighted by atomic mass is 9.97. The lowest BCUT2D eigenvalue weighted by Crippen LogP contribution is -2.39. The van der Waals surface area contributed by atoms with Gasteiger partial charge >= 0.3 is 12.1 Å². The van der Waals surface area contributed by atoms with E-state index in [2.05, 4.69) is 10.2 Å². The lowest BCUT2D eigenvalue weighted by Gasteiger charge is -2.27. The van der Waals surface area contributed by atoms with Crippen LogP contribution in [0.15, 0.2) is 42.5 Å². The number of guanidine groups is 2. The number of alkyl halides is 3. The maximum Gasteiger partial charge on any atom is 0.490 e. The lowest BCUT2D eigenvalue weighted by molar-refractivity contribution is -0.192. The zero-order valence-corrected chi connectivity index (χ0v) is 24.3. The number of halogens is 6. The van der Waals surface area contributed by atoms with Crippen LogP contribution in [0.25, 0.3) is 33.9 Å². The number of benzene rings is 2. The van der Waals surface area contributed by atoms with Crippen LogP contribution >= 0.6 is 0 Å². The number of carboxylic acid groups (broad SMARTS) is 1. The third-order valence-corrected chi connectivity index (χ3v) is 7.42. The number of aromatic nitrogens is 3. The summed E-state index contributed by atoms with van der Waals surface area (Å²) < 4.78 is 78.8. The fraction of sp³-hybridized carbons (Fsp3) is 0.276. The molecule has 11 nitrogen and oxygen atoms in total. The number of carboxylic acids is 1. The molecule has 0 amide bonds. The first-order chi connectivity index (χ1) is 21.6. The van der Waals surface area contributed by atoms with Crippen molar-refractivity contribution in [3.05, 3.63) is 71.1 Å². The zero-order valence-electron chi connectivity index (χ0n) is 24.3. The third kappa shape index (κ3) is 7.30. The van der Waals surface area contributed by atoms with Crippen molar-refractivity contribution in [1.82, 2.24) is 24.6 Å². The second kappa shape index (κ2) is 13.3. The van der Waals surface area contributed by atoms with E-state index < -0.39 is 29.6 Å². The van der Waals surface area contributed by atoms with Crippen molar-refractivity contribution in [3.8, 4) is 22.8 Å². The molecule has 0 saturated heterocycles. The minimum atomic E-state index is -5.08. The number of hydrogen-bond donors (Lipinski definition) is 5. The molecule has 3 aromatic rings. The number of nitrogens with one attached hydrogen (secondary N) is 2. The molecule has 0 fully saturated rings. The van der Waals surface area contributed by atoms with E-state index in [1.165, 1.54) is 22.8 Å². The molecule has 244 valence electrons. The Hall–Kier alpha value is -5.35. The van der Waals surface area contributed by atoms with E-state index in [1.807, 2.05) is 6.08 Å². The summed E-state index contributed by atoms with van der Waals surface area (Å²) in [4.78, 5) is 12.2. The second-order valence-electron chi connectivity index (χ2n) is 10.3. The monoisotopic (exact) mass is 649 g/mol. The predicted octanol–water partition coefficient (Wildman–Crippen LogP) is 4.16. The molecule has 0 unspecified atom stereocenters. The summed E-state index contributed by atoms with van der Waals surface area (Å²) in [5.41, 5.74) is 13.5. The average molecular weight is 650 g/mol. The average Bonchev–Trinajstić information content (AvgIpc) is 3.37. The van der Waals surface area contributed by atoms with Crippen LogP contribution in [0.1, 0.15) is 24.0 Å². The van der Waals surface area contributed by atoms with Gasteiger partial charge in [0.15, 0.2) is 23.6 Å². The first-order valence-corrected chi connectivity index (χ1v) is 13.6. The molecule has 46 heavy (non-hydrogen) atoms. The first-order valence-electron chi connectivity index (χ1n) is 13.6. The van der Waals surface area contributed by atoms with Crippen LogP contribution in [0.2, 0.25) is 0 Å². The number of hydrogen-bond acceptors (Lipinski definition) is 5. The molecular weight excluding hydrogens is 620 g/mol. The molecule has 0 saturated carbocycles. The first kappa shape index (κ1) is 33.5. The van der Waals surface area contributed by atoms with Crippen LogP contribution in [0, 0.1) is 28.3 Å². The van der Waals surface area contributed by atoms with Gasteiger partial charge in [-0.15, -0.1) is 10.2 Å². The minimum absolute atomic E-state index is 0.00592. The van der Waals surface area contributed by atoms with Gasteiger partial charge in [-0.05, 0) is 53.8 Å². The number of carbonyl (C=O) groups is 1. The molecular formula is C29H29F6N9O2. The smallest absolute Gasteiger partial charge is 0.475 e. The summed E-state index contributed by atoms with van der Waals surface area (Å²) in [6, 6.07) is 7.23. The Labute approximate surface area is 258 Å². The highest BCUT2D eigenvalue weighted by molar-refractivity contribution is 5.79. The molecule has 0 atom stereocenters. The molecule has 2 aliphatic rings. The van der Waals surface area contributed by atoms with Crippen molar-refractivity contribution in [2.75, 3.05) is 26.2 Å². The Morgan fingerprint density at radius 1 is 0.826 bits per heavy atom. The topological polar surface area (TPSA) is 174 Å². The van der Waals surface area contributed by atoms with Crippen molar-refractivity contribution in [1.29, 1.82) is 10.8 Å². The molecule has 7 N–H and O–H groups in total. The Morgan fingerprint density at radius 2 is 1.30 bits per heavy atom. The van der Waals surface area contributed by atoms with E-state index in [-0.39, 0.29) is 40.3 Å². The molecule has 1 aromatic heterocycles. The number of nitrogens with two attached hydrogens (primary N) is 2. The largest absolute Gasteiger partial charge is 0.490 e. The Morgan fingerprint density at radius 3 is 1.74 bits per heavy atom. The van der Waals surface area contributed by atoms with Crippen LogP contribution < -0.4 is 11.5 Å². The summed E-state index contributed by atoms with van der Waals surface area (Å²) in [6.45, 7) is 1.77. The van der Waals surface area contributed by atoms with E-state index >= 15 is 13.2 Å². The van der Waals surface area contributed by atoms with Gasteiger partial charge in [0.1, 0.15) is 17.5 Å². The predicted molar refractivity (Wildman–Crippen MR) is 158 cm³/mol. The quantitative estimate of drug-likeness (QED) is 0.159. The zero-order chi connectivity index (χ0) is 33.9. The molecule has 0 spiro atoms. The maximum atomic E-state index is 15.2. The van der Waals surface area contributed by atoms with Gasteiger partial charge in [0.05, 0.1) is 5.56 Å². The Kier molecular flexibility index (Phi) is 9.72. The van der Waals surface area contributed by atoms with Gasteiger partial charge in [0, 0.05) is 44.4 Å². The van der Waals surface area contributed by atoms with Crippen molar-refractivity contribution in [2.45, 2.75) is 19.0 Å². The van der Waals surface area contributed by atoms with Crippen LogP contribution in [0.4, 0.5) is 26.3 Å². The van der Waals surface area contributed by atoms with Crippen molar-refractivity contribution >= 4 is 29.0 Å². The normalized spacial score (nSPS) is 15.0. The van der Waals surface area contributed by atoms with Crippen LogP contribution in [-0.2, 0) is 11.8 Å². The SMILES string of the molecule is Cn1c(-c2cc(F)c(C3=CCN(C(=N)N)CC3)c(F)c2)nnc1-c1ccc(C2=CCN(C(=N)N)CC2)cc1F.O=C(O)C(F)(F)F. The number of rotatable bonds is 4. The number of nitrogens with zero attached hydrogens (tertiary/aromatic N) is 5. The minimum Gasteiger partial charge on any atom is -0.475 e. The molecule has 3 heterocycles. The van der Waals surface area contributed by atoms with Gasteiger partial charge in [-0.1, -0.05) is 18.2 Å². The highest BCUT2D eigenvalue weighted by Crippen LogP contribution is 2.33. The van der Waals surface area contributed by atoms with E-state index in [9.17, 15) is 13.2 Å². The van der Waals surface area contributed by atoms with Gasteiger partial charge in [0.25, 0.3) is 0 Å². The molecule has 5 rings (SSSR count). The molecule has 0 aliphatic carbocycles. The van der Waals surface area contributed by atoms with E-state index in [0.29, 0.717) is 44.6 Å². The summed E-state index contributed by atoms with van der Waals surface area (Å²) >= 11 is 0. The summed E-state index contributed by atoms with van der Waals surface area (Å²) in [5, 5.41) is 30.4. The Bertz CT molecular complexity index is 1730. The maximum absolute atomic E-state index is 15.2. The highest BCUT2D eigenvalue weighted by Gasteiger charge is 2.38. The van der Waals surface area contributed by atoms with Gasteiger partial charge in [-0.25, -0.2) is 18.0 Å². The molecule has 2 aromatic carbocycles. The van der Waals surface area contributed by atoms with Gasteiger partial charge in [-0.2, -0.15) is 13.2 Å². The molecule has 0 bridgehead atoms. The molecule has 17 heteroatoms. The van der Waals surface area contributed by atoms with E-state index in [0.717, 1.165) is 11.1 Å². The third-order valence-electron chi connectivity index (χ3n) is 7.42.